The number of aliphatic imine (C=N–C) groups is 1. The molecule has 1 N–H and O–H groups in total. The molecule has 0 aromatic heterocycles. The summed E-state index contributed by atoms with van der Waals surface area (Å²) in [6, 6.07) is 9.93. The van der Waals surface area contributed by atoms with Crippen molar-refractivity contribution in [2.45, 2.75) is 18.9 Å². The third-order valence-electron chi connectivity index (χ3n) is 3.32. The van der Waals surface area contributed by atoms with Gasteiger partial charge in [-0.25, -0.2) is 0 Å². The summed E-state index contributed by atoms with van der Waals surface area (Å²) in [4.78, 5) is 16.6. The summed E-state index contributed by atoms with van der Waals surface area (Å²) in [5.41, 5.74) is 0.980. The van der Waals surface area contributed by atoms with E-state index in [1.54, 1.807) is 0 Å². The maximum atomic E-state index is 12.0. The first-order valence-corrected chi connectivity index (χ1v) is 5.93. The summed E-state index contributed by atoms with van der Waals surface area (Å²) in [5.74, 6) is 0.841. The highest BCUT2D eigenvalue weighted by molar-refractivity contribution is 6.10. The van der Waals surface area contributed by atoms with Crippen LogP contribution in [0.4, 0.5) is 0 Å². The molecule has 0 fully saturated rings. The second-order valence-electron chi connectivity index (χ2n) is 4.45. The van der Waals surface area contributed by atoms with Gasteiger partial charge in [0.2, 0.25) is 5.91 Å². The largest absolute Gasteiger partial charge is 0.310 e. The average molecular weight is 226 g/mol. The molecule has 0 radical (unpaired) electrons. The quantitative estimate of drug-likeness (QED) is 0.730. The van der Waals surface area contributed by atoms with Crippen molar-refractivity contribution in [2.24, 2.45) is 10.9 Å². The average Bonchev–Trinajstić information content (AvgIpc) is 2.40. The molecule has 3 nitrogen and oxygen atoms in total. The van der Waals surface area contributed by atoms with Crippen molar-refractivity contribution < 1.29 is 4.79 Å². The van der Waals surface area contributed by atoms with E-state index in [2.05, 4.69) is 22.5 Å². The Hall–Kier alpha value is -1.90. The van der Waals surface area contributed by atoms with Crippen LogP contribution in [-0.4, -0.2) is 17.8 Å². The molecule has 2 aliphatic rings. The zero-order chi connectivity index (χ0) is 11.7. The van der Waals surface area contributed by atoms with Gasteiger partial charge < -0.3 is 5.32 Å². The van der Waals surface area contributed by atoms with Crippen LogP contribution in [-0.2, 0) is 4.79 Å². The smallest absolute Gasteiger partial charge is 0.231 e. The lowest BCUT2D eigenvalue weighted by atomic mass is 9.87. The van der Waals surface area contributed by atoms with E-state index < -0.39 is 0 Å². The van der Waals surface area contributed by atoms with Gasteiger partial charge in [0.1, 0.15) is 5.84 Å². The summed E-state index contributed by atoms with van der Waals surface area (Å²) >= 11 is 0. The van der Waals surface area contributed by atoms with E-state index in [0.717, 1.165) is 18.4 Å². The van der Waals surface area contributed by atoms with Gasteiger partial charge >= 0.3 is 0 Å². The molecule has 1 aromatic carbocycles. The van der Waals surface area contributed by atoms with Crippen molar-refractivity contribution in [3.8, 4) is 0 Å². The number of rotatable bonds is 1. The van der Waals surface area contributed by atoms with E-state index >= 15 is 0 Å². The van der Waals surface area contributed by atoms with E-state index in [1.165, 1.54) is 0 Å². The Balaban J connectivity index is 1.95. The van der Waals surface area contributed by atoms with E-state index in [1.807, 2.05) is 30.3 Å². The molecule has 3 heteroatoms. The molecule has 1 aliphatic heterocycles. The van der Waals surface area contributed by atoms with Gasteiger partial charge in [-0.2, -0.15) is 0 Å². The molecule has 1 aliphatic carbocycles. The topological polar surface area (TPSA) is 41.5 Å². The third-order valence-corrected chi connectivity index (χ3v) is 3.32. The first-order valence-electron chi connectivity index (χ1n) is 5.93. The van der Waals surface area contributed by atoms with Gasteiger partial charge in [0.15, 0.2) is 0 Å². The second-order valence-corrected chi connectivity index (χ2v) is 4.45. The molecule has 0 bridgehead atoms. The number of carbonyl (C=O) groups is 1. The van der Waals surface area contributed by atoms with Gasteiger partial charge in [-0.15, -0.1) is 0 Å². The minimum absolute atomic E-state index is 0.0208. The van der Waals surface area contributed by atoms with E-state index in [-0.39, 0.29) is 17.9 Å². The standard InChI is InChI=1S/C14H14N2O/c17-14-11-8-4-5-9-12(11)15-13(16-14)10-6-2-1-3-7-10/h1-7,11-12H,8-9H2,(H,15,16,17)/t11-,12+/m1/s1. The number of carbonyl (C=O) groups excluding carboxylic acids is 1. The zero-order valence-electron chi connectivity index (χ0n) is 9.47. The van der Waals surface area contributed by atoms with Crippen LogP contribution >= 0.6 is 0 Å². The Bertz CT molecular complexity index is 490. The highest BCUT2D eigenvalue weighted by atomic mass is 16.2. The van der Waals surface area contributed by atoms with Gasteiger partial charge in [-0.05, 0) is 12.8 Å². The number of nitrogens with zero attached hydrogens (tertiary/aromatic N) is 1. The number of nitrogens with one attached hydrogen (secondary N) is 1. The van der Waals surface area contributed by atoms with E-state index in [9.17, 15) is 4.79 Å². The molecule has 1 heterocycles. The van der Waals surface area contributed by atoms with Crippen molar-refractivity contribution in [2.75, 3.05) is 0 Å². The number of benzene rings is 1. The Morgan fingerprint density at radius 1 is 1.12 bits per heavy atom. The molecule has 2 atom stereocenters. The minimum Gasteiger partial charge on any atom is -0.310 e. The first-order chi connectivity index (χ1) is 8.34. The molecule has 17 heavy (non-hydrogen) atoms. The molecule has 0 unspecified atom stereocenters. The predicted molar refractivity (Wildman–Crippen MR) is 66.8 cm³/mol. The fourth-order valence-corrected chi connectivity index (χ4v) is 2.37. The highest BCUT2D eigenvalue weighted by Gasteiger charge is 2.33. The van der Waals surface area contributed by atoms with Gasteiger partial charge in [-0.1, -0.05) is 42.5 Å². The molecule has 0 saturated heterocycles. The molecular formula is C14H14N2O. The minimum atomic E-state index is 0.0208. The van der Waals surface area contributed by atoms with Crippen molar-refractivity contribution >= 4 is 11.7 Å². The van der Waals surface area contributed by atoms with Gasteiger partial charge in [-0.3, -0.25) is 9.79 Å². The molecule has 1 amide bonds. The van der Waals surface area contributed by atoms with Crippen molar-refractivity contribution in [1.29, 1.82) is 0 Å². The SMILES string of the molecule is O=C1NC(c2ccccc2)=N[C@H]2CC=CC[C@@H]12. The first kappa shape index (κ1) is 10.3. The summed E-state index contributed by atoms with van der Waals surface area (Å²) in [7, 11) is 0. The van der Waals surface area contributed by atoms with Crippen LogP contribution < -0.4 is 5.32 Å². The maximum absolute atomic E-state index is 12.0. The molecule has 0 spiro atoms. The summed E-state index contributed by atoms with van der Waals surface area (Å²) in [6.45, 7) is 0. The fraction of sp³-hybridized carbons (Fsp3) is 0.286. The van der Waals surface area contributed by atoms with Crippen LogP contribution in [0.3, 0.4) is 0 Å². The number of amides is 1. The number of hydrogen-bond donors (Lipinski definition) is 1. The van der Waals surface area contributed by atoms with Crippen LogP contribution in [0.1, 0.15) is 18.4 Å². The summed E-state index contributed by atoms with van der Waals surface area (Å²) < 4.78 is 0. The number of amidine groups is 1. The van der Waals surface area contributed by atoms with Gasteiger partial charge in [0, 0.05) is 5.56 Å². The van der Waals surface area contributed by atoms with Crippen LogP contribution in [0, 0.1) is 5.92 Å². The van der Waals surface area contributed by atoms with E-state index in [0.29, 0.717) is 5.84 Å². The molecule has 86 valence electrons. The van der Waals surface area contributed by atoms with Gasteiger partial charge in [0.25, 0.3) is 0 Å². The second kappa shape index (κ2) is 4.17. The normalized spacial score (nSPS) is 27.1. The number of fused-ring (bicyclic) bond motifs is 1. The predicted octanol–water partition coefficient (Wildman–Crippen LogP) is 1.90. The van der Waals surface area contributed by atoms with Gasteiger partial charge in [0.05, 0.1) is 12.0 Å². The Morgan fingerprint density at radius 3 is 2.71 bits per heavy atom. The zero-order valence-corrected chi connectivity index (χ0v) is 9.47. The Morgan fingerprint density at radius 2 is 1.88 bits per heavy atom. The molecule has 1 aromatic rings. The van der Waals surface area contributed by atoms with Crippen LogP contribution in [0.25, 0.3) is 0 Å². The molecule has 3 rings (SSSR count). The van der Waals surface area contributed by atoms with Crippen LogP contribution in [0.5, 0.6) is 0 Å². The highest BCUT2D eigenvalue weighted by Crippen LogP contribution is 2.25. The maximum Gasteiger partial charge on any atom is 0.231 e. The fourth-order valence-electron chi connectivity index (χ4n) is 2.37. The van der Waals surface area contributed by atoms with Crippen LogP contribution in [0.2, 0.25) is 0 Å². The number of allylic oxidation sites excluding steroid dienone is 1. The number of hydrogen-bond acceptors (Lipinski definition) is 2. The lowest BCUT2D eigenvalue weighted by molar-refractivity contribution is -0.124. The van der Waals surface area contributed by atoms with Crippen LogP contribution in [0.15, 0.2) is 47.5 Å². The lowest BCUT2D eigenvalue weighted by Crippen LogP contribution is -2.46. The Kier molecular flexibility index (Phi) is 2.52. The third kappa shape index (κ3) is 1.88. The monoisotopic (exact) mass is 226 g/mol. The summed E-state index contributed by atoms with van der Waals surface area (Å²) in [6.07, 6.45) is 5.87. The molecular weight excluding hydrogens is 212 g/mol. The van der Waals surface area contributed by atoms with Crippen molar-refractivity contribution in [3.05, 3.63) is 48.0 Å². The van der Waals surface area contributed by atoms with E-state index in [4.69, 9.17) is 0 Å². The summed E-state index contributed by atoms with van der Waals surface area (Å²) in [5, 5.41) is 2.91. The van der Waals surface area contributed by atoms with Crippen molar-refractivity contribution in [1.82, 2.24) is 5.32 Å². The Labute approximate surface area is 100 Å². The van der Waals surface area contributed by atoms with Crippen molar-refractivity contribution in [3.63, 3.8) is 0 Å². The lowest BCUT2D eigenvalue weighted by Gasteiger charge is -2.30. The molecule has 0 saturated carbocycles.